The number of rotatable bonds is 9. The van der Waals surface area contributed by atoms with Crippen molar-refractivity contribution in [3.8, 4) is 17.1 Å². The molecule has 0 unspecified atom stereocenters. The average Bonchev–Trinajstić information content (AvgIpc) is 3.14. The summed E-state index contributed by atoms with van der Waals surface area (Å²) in [5.41, 5.74) is 1.44. The van der Waals surface area contributed by atoms with E-state index in [0.717, 1.165) is 11.3 Å². The standard InChI is InChI=1S/C22H24N4O4S/c1-14(2)12-26-20(15-6-5-9-18(11-15)30-3)24-25-22(26)31-13-19(27)23-17-8-4-7-16(10-17)21(28)29/h4-11,14H,12-13H2,1-3H3,(H,23,27)(H,28,29). The molecule has 2 N–H and O–H groups in total. The number of hydrogen-bond acceptors (Lipinski definition) is 6. The summed E-state index contributed by atoms with van der Waals surface area (Å²) in [7, 11) is 1.62. The van der Waals surface area contributed by atoms with E-state index in [9.17, 15) is 9.59 Å². The molecule has 31 heavy (non-hydrogen) atoms. The van der Waals surface area contributed by atoms with Gasteiger partial charge in [-0.2, -0.15) is 0 Å². The Bertz CT molecular complexity index is 1080. The monoisotopic (exact) mass is 440 g/mol. The molecule has 1 heterocycles. The molecule has 0 spiro atoms. The van der Waals surface area contributed by atoms with Gasteiger partial charge >= 0.3 is 5.97 Å². The van der Waals surface area contributed by atoms with Crippen molar-refractivity contribution in [1.82, 2.24) is 14.8 Å². The number of anilines is 1. The molecular weight excluding hydrogens is 416 g/mol. The van der Waals surface area contributed by atoms with Gasteiger partial charge in [0.05, 0.1) is 18.4 Å². The van der Waals surface area contributed by atoms with Crippen LogP contribution in [0.15, 0.2) is 53.7 Å². The predicted molar refractivity (Wildman–Crippen MR) is 120 cm³/mol. The first-order valence-corrected chi connectivity index (χ1v) is 10.7. The molecule has 162 valence electrons. The minimum absolute atomic E-state index is 0.116. The Morgan fingerprint density at radius 1 is 1.16 bits per heavy atom. The van der Waals surface area contributed by atoms with Crippen LogP contribution in [0.4, 0.5) is 5.69 Å². The van der Waals surface area contributed by atoms with Gasteiger partial charge in [-0.15, -0.1) is 10.2 Å². The van der Waals surface area contributed by atoms with Gasteiger partial charge in [-0.05, 0) is 36.2 Å². The summed E-state index contributed by atoms with van der Waals surface area (Å²) >= 11 is 1.28. The lowest BCUT2D eigenvalue weighted by Gasteiger charge is -2.13. The minimum atomic E-state index is -1.04. The van der Waals surface area contributed by atoms with Crippen molar-refractivity contribution in [2.45, 2.75) is 25.5 Å². The third-order valence-corrected chi connectivity index (χ3v) is 5.28. The Kier molecular flexibility index (Phi) is 7.30. The smallest absolute Gasteiger partial charge is 0.335 e. The molecule has 0 aliphatic carbocycles. The molecule has 0 aliphatic heterocycles. The Morgan fingerprint density at radius 2 is 1.94 bits per heavy atom. The van der Waals surface area contributed by atoms with Gasteiger partial charge in [0.15, 0.2) is 11.0 Å². The van der Waals surface area contributed by atoms with Crippen LogP contribution < -0.4 is 10.1 Å². The molecule has 1 aromatic heterocycles. The number of carbonyl (C=O) groups is 2. The van der Waals surface area contributed by atoms with Crippen molar-refractivity contribution in [1.29, 1.82) is 0 Å². The molecule has 1 amide bonds. The van der Waals surface area contributed by atoms with Gasteiger partial charge in [0.25, 0.3) is 0 Å². The van der Waals surface area contributed by atoms with E-state index in [2.05, 4.69) is 29.4 Å². The van der Waals surface area contributed by atoms with E-state index in [0.29, 0.717) is 29.1 Å². The van der Waals surface area contributed by atoms with E-state index in [1.165, 1.54) is 23.9 Å². The zero-order valence-electron chi connectivity index (χ0n) is 17.5. The first-order valence-electron chi connectivity index (χ1n) is 9.71. The number of hydrogen-bond donors (Lipinski definition) is 2. The van der Waals surface area contributed by atoms with Gasteiger partial charge in [-0.3, -0.25) is 4.79 Å². The largest absolute Gasteiger partial charge is 0.497 e. The number of carboxylic acid groups (broad SMARTS) is 1. The fourth-order valence-electron chi connectivity index (χ4n) is 2.96. The fraction of sp³-hybridized carbons (Fsp3) is 0.273. The lowest BCUT2D eigenvalue weighted by Crippen LogP contribution is -2.15. The number of thioether (sulfide) groups is 1. The second-order valence-corrected chi connectivity index (χ2v) is 8.21. The summed E-state index contributed by atoms with van der Waals surface area (Å²) in [6.45, 7) is 4.90. The van der Waals surface area contributed by atoms with Crippen LogP contribution in [0.3, 0.4) is 0 Å². The number of ether oxygens (including phenoxy) is 1. The topological polar surface area (TPSA) is 106 Å². The first-order chi connectivity index (χ1) is 14.9. The zero-order valence-corrected chi connectivity index (χ0v) is 18.3. The average molecular weight is 441 g/mol. The van der Waals surface area contributed by atoms with Crippen LogP contribution in [-0.4, -0.2) is 44.6 Å². The molecule has 8 nitrogen and oxygen atoms in total. The molecule has 0 radical (unpaired) electrons. The lowest BCUT2D eigenvalue weighted by atomic mass is 10.2. The molecule has 0 bridgehead atoms. The Hall–Kier alpha value is -3.33. The zero-order chi connectivity index (χ0) is 22.4. The summed E-state index contributed by atoms with van der Waals surface area (Å²) in [6.07, 6.45) is 0. The van der Waals surface area contributed by atoms with E-state index in [1.54, 1.807) is 19.2 Å². The highest BCUT2D eigenvalue weighted by atomic mass is 32.2. The summed E-state index contributed by atoms with van der Waals surface area (Å²) < 4.78 is 7.31. The molecular formula is C22H24N4O4S. The maximum Gasteiger partial charge on any atom is 0.335 e. The van der Waals surface area contributed by atoms with Crippen LogP contribution in [0.1, 0.15) is 24.2 Å². The number of carbonyl (C=O) groups excluding carboxylic acids is 1. The van der Waals surface area contributed by atoms with Crippen LogP contribution >= 0.6 is 11.8 Å². The van der Waals surface area contributed by atoms with Gasteiger partial charge in [0.2, 0.25) is 5.91 Å². The third-order valence-electron chi connectivity index (χ3n) is 4.32. The van der Waals surface area contributed by atoms with E-state index >= 15 is 0 Å². The minimum Gasteiger partial charge on any atom is -0.497 e. The van der Waals surface area contributed by atoms with E-state index in [1.807, 2.05) is 28.8 Å². The van der Waals surface area contributed by atoms with Gasteiger partial charge in [-0.25, -0.2) is 4.79 Å². The van der Waals surface area contributed by atoms with Crippen LogP contribution in [0.2, 0.25) is 0 Å². The predicted octanol–water partition coefficient (Wildman–Crippen LogP) is 4.04. The molecule has 0 saturated heterocycles. The quantitative estimate of drug-likeness (QED) is 0.484. The van der Waals surface area contributed by atoms with Crippen LogP contribution in [0, 0.1) is 5.92 Å². The Labute approximate surface area is 184 Å². The lowest BCUT2D eigenvalue weighted by molar-refractivity contribution is -0.113. The Morgan fingerprint density at radius 3 is 2.65 bits per heavy atom. The molecule has 3 rings (SSSR count). The molecule has 9 heteroatoms. The fourth-order valence-corrected chi connectivity index (χ4v) is 3.71. The third kappa shape index (κ3) is 5.85. The molecule has 0 atom stereocenters. The number of nitrogens with zero attached hydrogens (tertiary/aromatic N) is 3. The highest BCUT2D eigenvalue weighted by Crippen LogP contribution is 2.27. The highest BCUT2D eigenvalue weighted by Gasteiger charge is 2.17. The second kappa shape index (κ2) is 10.1. The molecule has 0 fully saturated rings. The van der Waals surface area contributed by atoms with Crippen molar-refractivity contribution in [2.75, 3.05) is 18.2 Å². The summed E-state index contributed by atoms with van der Waals surface area (Å²) in [6, 6.07) is 13.7. The van der Waals surface area contributed by atoms with Crippen molar-refractivity contribution < 1.29 is 19.4 Å². The van der Waals surface area contributed by atoms with Gasteiger partial charge in [-0.1, -0.05) is 43.8 Å². The van der Waals surface area contributed by atoms with E-state index in [4.69, 9.17) is 9.84 Å². The summed E-state index contributed by atoms with van der Waals surface area (Å²) in [5, 5.41) is 21.1. The van der Waals surface area contributed by atoms with E-state index in [-0.39, 0.29) is 17.2 Å². The van der Waals surface area contributed by atoms with Crippen LogP contribution in [0.5, 0.6) is 5.75 Å². The number of methoxy groups -OCH3 is 1. The molecule has 3 aromatic rings. The number of aromatic nitrogens is 3. The van der Waals surface area contributed by atoms with Crippen molar-refractivity contribution in [3.05, 3.63) is 54.1 Å². The summed E-state index contributed by atoms with van der Waals surface area (Å²) in [5.74, 6) is 0.615. The van der Waals surface area contributed by atoms with Crippen LogP contribution in [0.25, 0.3) is 11.4 Å². The number of nitrogens with one attached hydrogen (secondary N) is 1. The molecule has 2 aromatic carbocycles. The maximum absolute atomic E-state index is 12.4. The highest BCUT2D eigenvalue weighted by molar-refractivity contribution is 7.99. The number of amides is 1. The first kappa shape index (κ1) is 22.4. The van der Waals surface area contributed by atoms with Gasteiger partial charge < -0.3 is 19.7 Å². The normalized spacial score (nSPS) is 10.8. The Balaban J connectivity index is 1.75. The van der Waals surface area contributed by atoms with Gasteiger partial charge in [0.1, 0.15) is 5.75 Å². The molecule has 0 aliphatic rings. The summed E-state index contributed by atoms with van der Waals surface area (Å²) in [4.78, 5) is 23.5. The number of benzene rings is 2. The van der Waals surface area contributed by atoms with Gasteiger partial charge in [0, 0.05) is 17.8 Å². The van der Waals surface area contributed by atoms with Crippen LogP contribution in [-0.2, 0) is 11.3 Å². The number of carboxylic acids is 1. The second-order valence-electron chi connectivity index (χ2n) is 7.27. The van der Waals surface area contributed by atoms with E-state index < -0.39 is 5.97 Å². The number of aromatic carboxylic acids is 1. The SMILES string of the molecule is COc1cccc(-c2nnc(SCC(=O)Nc3cccc(C(=O)O)c3)n2CC(C)C)c1. The maximum atomic E-state index is 12.4. The van der Waals surface area contributed by atoms with Crippen molar-refractivity contribution in [2.24, 2.45) is 5.92 Å². The molecule has 0 saturated carbocycles. The van der Waals surface area contributed by atoms with Crippen molar-refractivity contribution >= 4 is 29.3 Å². The van der Waals surface area contributed by atoms with Crippen molar-refractivity contribution in [3.63, 3.8) is 0 Å².